The Kier molecular flexibility index (Phi) is 6.76. The van der Waals surface area contributed by atoms with Crippen LogP contribution in [0.5, 0.6) is 11.5 Å². The first-order chi connectivity index (χ1) is 12.3. The molecule has 0 aliphatic carbocycles. The van der Waals surface area contributed by atoms with E-state index in [4.69, 9.17) is 9.84 Å². The van der Waals surface area contributed by atoms with Crippen LogP contribution in [-0.2, 0) is 4.79 Å². The van der Waals surface area contributed by atoms with Gasteiger partial charge in [0.05, 0.1) is 15.2 Å². The third kappa shape index (κ3) is 5.30. The fourth-order valence-corrected chi connectivity index (χ4v) is 3.00. The molecule has 0 bridgehead atoms. The molecule has 0 spiro atoms. The van der Waals surface area contributed by atoms with Crippen LogP contribution in [0, 0.1) is 0 Å². The highest BCUT2D eigenvalue weighted by atomic mass is 79.9. The second-order valence-electron chi connectivity index (χ2n) is 5.15. The van der Waals surface area contributed by atoms with Crippen molar-refractivity contribution in [3.8, 4) is 11.5 Å². The Balaban J connectivity index is 1.98. The summed E-state index contributed by atoms with van der Waals surface area (Å²) in [6, 6.07) is 9.51. The number of carboxylic acids is 1. The fourth-order valence-electron chi connectivity index (χ4n) is 1.81. The molecule has 7 nitrogen and oxygen atoms in total. The van der Waals surface area contributed by atoms with Gasteiger partial charge < -0.3 is 14.9 Å². The van der Waals surface area contributed by atoms with Crippen LogP contribution in [0.4, 0.5) is 0 Å². The van der Waals surface area contributed by atoms with Gasteiger partial charge >= 0.3 is 5.97 Å². The SMILES string of the molecule is C[C@H](Oc1ccc(/C=N\NC(=O)c2cc(Br)c(O)c(Br)c2)cc1)C(=O)O. The maximum absolute atomic E-state index is 12.1. The zero-order chi connectivity index (χ0) is 19.3. The van der Waals surface area contributed by atoms with Gasteiger partial charge in [0.1, 0.15) is 11.5 Å². The van der Waals surface area contributed by atoms with Crippen molar-refractivity contribution in [3.63, 3.8) is 0 Å². The number of aromatic hydroxyl groups is 1. The van der Waals surface area contributed by atoms with E-state index in [0.29, 0.717) is 25.8 Å². The standard InChI is InChI=1S/C17H14Br2N2O5/c1-9(17(24)25)26-12-4-2-10(3-5-12)8-20-21-16(23)11-6-13(18)15(22)14(19)7-11/h2-9,22H,1H3,(H,21,23)(H,24,25)/b20-8-/t9-/m0/s1. The lowest BCUT2D eigenvalue weighted by atomic mass is 10.2. The number of phenolic OH excluding ortho intramolecular Hbond substituents is 1. The molecule has 26 heavy (non-hydrogen) atoms. The smallest absolute Gasteiger partial charge is 0.344 e. The van der Waals surface area contributed by atoms with Crippen molar-refractivity contribution in [2.75, 3.05) is 0 Å². The van der Waals surface area contributed by atoms with Crippen LogP contribution in [0.3, 0.4) is 0 Å². The lowest BCUT2D eigenvalue weighted by Crippen LogP contribution is -2.22. The molecule has 0 unspecified atom stereocenters. The molecule has 2 aromatic carbocycles. The highest BCUT2D eigenvalue weighted by Crippen LogP contribution is 2.33. The van der Waals surface area contributed by atoms with Gasteiger partial charge in [-0.05, 0) is 80.7 Å². The fraction of sp³-hybridized carbons (Fsp3) is 0.118. The summed E-state index contributed by atoms with van der Waals surface area (Å²) in [5.41, 5.74) is 3.38. The van der Waals surface area contributed by atoms with E-state index in [-0.39, 0.29) is 5.75 Å². The Hall–Kier alpha value is -2.39. The summed E-state index contributed by atoms with van der Waals surface area (Å²) in [6.45, 7) is 1.44. The quantitative estimate of drug-likeness (QED) is 0.428. The molecule has 0 saturated heterocycles. The molecule has 0 aliphatic heterocycles. The summed E-state index contributed by atoms with van der Waals surface area (Å²) in [5, 5.41) is 22.3. The molecule has 1 amide bonds. The average molecular weight is 486 g/mol. The molecule has 0 aliphatic rings. The lowest BCUT2D eigenvalue weighted by molar-refractivity contribution is -0.144. The van der Waals surface area contributed by atoms with Crippen LogP contribution in [0.25, 0.3) is 0 Å². The summed E-state index contributed by atoms with van der Waals surface area (Å²) in [4.78, 5) is 22.8. The number of hydrogen-bond acceptors (Lipinski definition) is 5. The Morgan fingerprint density at radius 3 is 2.31 bits per heavy atom. The van der Waals surface area contributed by atoms with Gasteiger partial charge in [-0.3, -0.25) is 4.79 Å². The van der Waals surface area contributed by atoms with E-state index in [0.717, 1.165) is 0 Å². The number of carbonyl (C=O) groups excluding carboxylic acids is 1. The summed E-state index contributed by atoms with van der Waals surface area (Å²) >= 11 is 6.31. The monoisotopic (exact) mass is 484 g/mol. The van der Waals surface area contributed by atoms with E-state index < -0.39 is 18.0 Å². The third-order valence-corrected chi connectivity index (χ3v) is 4.41. The second-order valence-corrected chi connectivity index (χ2v) is 6.86. The molecule has 2 rings (SSSR count). The Labute approximate surface area is 165 Å². The number of phenols is 1. The predicted molar refractivity (Wildman–Crippen MR) is 103 cm³/mol. The van der Waals surface area contributed by atoms with Gasteiger partial charge in [-0.15, -0.1) is 0 Å². The Morgan fingerprint density at radius 2 is 1.77 bits per heavy atom. The number of halogens is 2. The van der Waals surface area contributed by atoms with Crippen molar-refractivity contribution in [1.82, 2.24) is 5.43 Å². The van der Waals surface area contributed by atoms with Crippen molar-refractivity contribution < 1.29 is 24.5 Å². The highest BCUT2D eigenvalue weighted by molar-refractivity contribution is 9.11. The van der Waals surface area contributed by atoms with E-state index in [1.807, 2.05) is 0 Å². The number of aliphatic carboxylic acids is 1. The van der Waals surface area contributed by atoms with Gasteiger partial charge in [0.25, 0.3) is 5.91 Å². The molecule has 2 aromatic rings. The Morgan fingerprint density at radius 1 is 1.19 bits per heavy atom. The van der Waals surface area contributed by atoms with Crippen LogP contribution >= 0.6 is 31.9 Å². The van der Waals surface area contributed by atoms with E-state index >= 15 is 0 Å². The molecule has 0 aromatic heterocycles. The second kappa shape index (κ2) is 8.81. The normalized spacial score (nSPS) is 12.0. The molecule has 0 radical (unpaired) electrons. The Bertz CT molecular complexity index is 830. The van der Waals surface area contributed by atoms with Crippen molar-refractivity contribution in [3.05, 3.63) is 56.5 Å². The number of hydrazone groups is 1. The zero-order valence-electron chi connectivity index (χ0n) is 13.4. The van der Waals surface area contributed by atoms with Crippen molar-refractivity contribution in [1.29, 1.82) is 0 Å². The molecular formula is C17H14Br2N2O5. The maximum atomic E-state index is 12.1. The van der Waals surface area contributed by atoms with Gasteiger partial charge in [-0.1, -0.05) is 0 Å². The molecule has 136 valence electrons. The third-order valence-electron chi connectivity index (χ3n) is 3.20. The van der Waals surface area contributed by atoms with Gasteiger partial charge in [0.15, 0.2) is 6.10 Å². The molecule has 1 atom stereocenters. The number of carbonyl (C=O) groups is 2. The highest BCUT2D eigenvalue weighted by Gasteiger charge is 2.12. The first-order valence-electron chi connectivity index (χ1n) is 7.29. The van der Waals surface area contributed by atoms with E-state index in [1.54, 1.807) is 24.3 Å². The summed E-state index contributed by atoms with van der Waals surface area (Å²) < 4.78 is 5.98. The summed E-state index contributed by atoms with van der Waals surface area (Å²) in [7, 11) is 0. The van der Waals surface area contributed by atoms with Gasteiger partial charge in [0, 0.05) is 5.56 Å². The number of carboxylic acid groups (broad SMARTS) is 1. The van der Waals surface area contributed by atoms with E-state index in [2.05, 4.69) is 42.4 Å². The minimum atomic E-state index is -1.05. The zero-order valence-corrected chi connectivity index (χ0v) is 16.6. The first-order valence-corrected chi connectivity index (χ1v) is 8.87. The van der Waals surface area contributed by atoms with Crippen LogP contribution in [0.2, 0.25) is 0 Å². The molecular weight excluding hydrogens is 472 g/mol. The molecule has 0 saturated carbocycles. The maximum Gasteiger partial charge on any atom is 0.344 e. The summed E-state index contributed by atoms with van der Waals surface area (Å²) in [5.74, 6) is -1.08. The lowest BCUT2D eigenvalue weighted by Gasteiger charge is -2.09. The van der Waals surface area contributed by atoms with Crippen LogP contribution in [-0.4, -0.2) is 34.4 Å². The van der Waals surface area contributed by atoms with Crippen molar-refractivity contribution in [2.24, 2.45) is 5.10 Å². The van der Waals surface area contributed by atoms with E-state index in [9.17, 15) is 14.7 Å². The minimum Gasteiger partial charge on any atom is -0.506 e. The molecule has 0 fully saturated rings. The van der Waals surface area contributed by atoms with Crippen molar-refractivity contribution in [2.45, 2.75) is 13.0 Å². The summed E-state index contributed by atoms with van der Waals surface area (Å²) in [6.07, 6.45) is 0.491. The largest absolute Gasteiger partial charge is 0.506 e. The molecule has 3 N–H and O–H groups in total. The van der Waals surface area contributed by atoms with Crippen molar-refractivity contribution >= 4 is 50.0 Å². The number of benzene rings is 2. The number of rotatable bonds is 6. The number of amides is 1. The van der Waals surface area contributed by atoms with Gasteiger partial charge in [-0.25, -0.2) is 10.2 Å². The number of nitrogens with zero attached hydrogens (tertiary/aromatic N) is 1. The number of hydrogen-bond donors (Lipinski definition) is 3. The van der Waals surface area contributed by atoms with Gasteiger partial charge in [-0.2, -0.15) is 5.10 Å². The predicted octanol–water partition coefficient (Wildman–Crippen LogP) is 3.53. The van der Waals surface area contributed by atoms with Crippen LogP contribution in [0.1, 0.15) is 22.8 Å². The topological polar surface area (TPSA) is 108 Å². The van der Waals surface area contributed by atoms with E-state index in [1.165, 1.54) is 25.3 Å². The number of ether oxygens (including phenoxy) is 1. The minimum absolute atomic E-state index is 0.00424. The molecule has 9 heteroatoms. The average Bonchev–Trinajstić information content (AvgIpc) is 2.60. The number of nitrogens with one attached hydrogen (secondary N) is 1. The van der Waals surface area contributed by atoms with Crippen LogP contribution < -0.4 is 10.2 Å². The molecule has 0 heterocycles. The van der Waals surface area contributed by atoms with Crippen LogP contribution in [0.15, 0.2) is 50.4 Å². The first kappa shape index (κ1) is 19.9. The van der Waals surface area contributed by atoms with Gasteiger partial charge in [0.2, 0.25) is 0 Å².